The smallest absolute Gasteiger partial charge is 0.157 e. The van der Waals surface area contributed by atoms with Gasteiger partial charge in [-0.05, 0) is 107 Å². The molecular formula is C27H42Br2N2O3. The van der Waals surface area contributed by atoms with Crippen LogP contribution >= 0.6 is 34.0 Å². The van der Waals surface area contributed by atoms with Crippen LogP contribution in [-0.4, -0.2) is 63.9 Å². The Bertz CT molecular complexity index is 837. The molecule has 1 unspecified atom stereocenters. The molecule has 0 radical (unpaired) electrons. The summed E-state index contributed by atoms with van der Waals surface area (Å²) in [5.74, 6) is 0.279. The Morgan fingerprint density at radius 1 is 0.882 bits per heavy atom. The van der Waals surface area contributed by atoms with Gasteiger partial charge in [0.2, 0.25) is 0 Å². The summed E-state index contributed by atoms with van der Waals surface area (Å²) < 4.78 is 0. The first-order valence-corrected chi connectivity index (χ1v) is 12.3. The van der Waals surface area contributed by atoms with E-state index in [1.54, 1.807) is 18.2 Å². The standard InChI is InChI=1S/C27H40N2O3.2BrH/c1-2-14-28(18-13-22-11-12-26(31)27(32)21-22)15-4-3-5-16-29-17-7-9-24(29)19-23-8-6-10-25(30)20-23;;/h6,8,10-12,20-21,24,30-32H,2-5,7,9,13-19H2,1H3;2*1H. The van der Waals surface area contributed by atoms with E-state index in [2.05, 4.69) is 22.8 Å². The summed E-state index contributed by atoms with van der Waals surface area (Å²) in [4.78, 5) is 5.16. The Hall–Kier alpha value is -1.28. The lowest BCUT2D eigenvalue weighted by atomic mass is 10.0. The minimum absolute atomic E-state index is 0. The second-order valence-corrected chi connectivity index (χ2v) is 9.18. The van der Waals surface area contributed by atoms with E-state index in [0.29, 0.717) is 11.8 Å². The molecule has 192 valence electrons. The fourth-order valence-corrected chi connectivity index (χ4v) is 4.87. The molecule has 34 heavy (non-hydrogen) atoms. The number of unbranched alkanes of at least 4 members (excludes halogenated alkanes) is 2. The number of nitrogens with zero attached hydrogens (tertiary/aromatic N) is 2. The van der Waals surface area contributed by atoms with Crippen molar-refractivity contribution in [3.8, 4) is 17.2 Å². The molecule has 5 nitrogen and oxygen atoms in total. The summed E-state index contributed by atoms with van der Waals surface area (Å²) in [6.45, 7) is 7.79. The molecule has 1 fully saturated rings. The van der Waals surface area contributed by atoms with Gasteiger partial charge in [0.05, 0.1) is 0 Å². The van der Waals surface area contributed by atoms with Crippen molar-refractivity contribution in [2.75, 3.05) is 32.7 Å². The van der Waals surface area contributed by atoms with Crippen molar-refractivity contribution in [1.82, 2.24) is 9.80 Å². The summed E-state index contributed by atoms with van der Waals surface area (Å²) in [5.41, 5.74) is 2.30. The Labute approximate surface area is 226 Å². The molecular weight excluding hydrogens is 560 g/mol. The fraction of sp³-hybridized carbons (Fsp3) is 0.556. The first kappa shape index (κ1) is 30.8. The molecule has 3 N–H and O–H groups in total. The average Bonchev–Trinajstić information content (AvgIpc) is 3.21. The van der Waals surface area contributed by atoms with Gasteiger partial charge in [-0.1, -0.05) is 31.5 Å². The van der Waals surface area contributed by atoms with Gasteiger partial charge in [-0.15, -0.1) is 34.0 Å². The third-order valence-corrected chi connectivity index (χ3v) is 6.60. The molecule has 0 saturated carbocycles. The normalized spacial score (nSPS) is 15.8. The SMILES string of the molecule is Br.Br.CCCN(CCCCCN1CCCC1Cc1cccc(O)c1)CCc1ccc(O)c(O)c1. The molecule has 1 heterocycles. The molecule has 0 bridgehead atoms. The summed E-state index contributed by atoms with van der Waals surface area (Å²) >= 11 is 0. The van der Waals surface area contributed by atoms with E-state index in [1.165, 1.54) is 50.8 Å². The van der Waals surface area contributed by atoms with Crippen LogP contribution < -0.4 is 0 Å². The lowest BCUT2D eigenvalue weighted by molar-refractivity contribution is 0.238. The van der Waals surface area contributed by atoms with Crippen molar-refractivity contribution >= 4 is 34.0 Å². The molecule has 1 saturated heterocycles. The van der Waals surface area contributed by atoms with Crippen LogP contribution in [0.1, 0.15) is 56.6 Å². The number of likely N-dealkylation sites (tertiary alicyclic amines) is 1. The average molecular weight is 602 g/mol. The monoisotopic (exact) mass is 600 g/mol. The van der Waals surface area contributed by atoms with Gasteiger partial charge >= 0.3 is 0 Å². The minimum atomic E-state index is -0.0543. The van der Waals surface area contributed by atoms with Crippen LogP contribution in [0.2, 0.25) is 0 Å². The molecule has 7 heteroatoms. The number of benzene rings is 2. The van der Waals surface area contributed by atoms with Gasteiger partial charge in [-0.3, -0.25) is 0 Å². The first-order chi connectivity index (χ1) is 15.5. The molecule has 2 aromatic carbocycles. The second kappa shape index (κ2) is 16.4. The van der Waals surface area contributed by atoms with Crippen LogP contribution in [0.15, 0.2) is 42.5 Å². The van der Waals surface area contributed by atoms with Gasteiger partial charge < -0.3 is 25.1 Å². The van der Waals surface area contributed by atoms with Crippen molar-refractivity contribution in [2.45, 2.75) is 64.3 Å². The number of phenols is 3. The van der Waals surface area contributed by atoms with Gasteiger partial charge in [-0.25, -0.2) is 0 Å². The number of hydrogen-bond acceptors (Lipinski definition) is 5. The van der Waals surface area contributed by atoms with Crippen molar-refractivity contribution in [2.24, 2.45) is 0 Å². The third-order valence-electron chi connectivity index (χ3n) is 6.60. The van der Waals surface area contributed by atoms with E-state index >= 15 is 0 Å². The fourth-order valence-electron chi connectivity index (χ4n) is 4.87. The molecule has 0 aromatic heterocycles. The lowest BCUT2D eigenvalue weighted by Crippen LogP contribution is -2.32. The van der Waals surface area contributed by atoms with Crippen molar-refractivity contribution in [3.63, 3.8) is 0 Å². The number of aromatic hydroxyl groups is 3. The highest BCUT2D eigenvalue weighted by Crippen LogP contribution is 2.25. The maximum atomic E-state index is 9.72. The van der Waals surface area contributed by atoms with E-state index in [0.717, 1.165) is 44.5 Å². The van der Waals surface area contributed by atoms with Crippen LogP contribution in [0.5, 0.6) is 17.2 Å². The van der Waals surface area contributed by atoms with Gasteiger partial charge in [-0.2, -0.15) is 0 Å². The van der Waals surface area contributed by atoms with Crippen molar-refractivity contribution < 1.29 is 15.3 Å². The highest BCUT2D eigenvalue weighted by molar-refractivity contribution is 8.93. The van der Waals surface area contributed by atoms with E-state index in [4.69, 9.17) is 0 Å². The van der Waals surface area contributed by atoms with Gasteiger partial charge in [0, 0.05) is 12.6 Å². The zero-order valence-electron chi connectivity index (χ0n) is 20.4. The molecule has 3 rings (SSSR count). The highest BCUT2D eigenvalue weighted by atomic mass is 79.9. The van der Waals surface area contributed by atoms with E-state index in [9.17, 15) is 15.3 Å². The van der Waals surface area contributed by atoms with E-state index in [1.807, 2.05) is 18.2 Å². The topological polar surface area (TPSA) is 67.2 Å². The Kier molecular flexibility index (Phi) is 14.8. The molecule has 1 atom stereocenters. The maximum absolute atomic E-state index is 9.72. The molecule has 1 aliphatic heterocycles. The number of halogens is 2. The van der Waals surface area contributed by atoms with Crippen LogP contribution in [0.3, 0.4) is 0 Å². The Morgan fingerprint density at radius 3 is 2.44 bits per heavy atom. The molecule has 0 spiro atoms. The quantitative estimate of drug-likeness (QED) is 0.191. The summed E-state index contributed by atoms with van der Waals surface area (Å²) in [7, 11) is 0. The Morgan fingerprint density at radius 2 is 1.71 bits per heavy atom. The summed E-state index contributed by atoms with van der Waals surface area (Å²) in [6.07, 6.45) is 9.30. The molecule has 0 aliphatic carbocycles. The van der Waals surface area contributed by atoms with Crippen LogP contribution in [-0.2, 0) is 12.8 Å². The van der Waals surface area contributed by atoms with Gasteiger partial charge in [0.1, 0.15) is 5.75 Å². The van der Waals surface area contributed by atoms with Crippen LogP contribution in [0, 0.1) is 0 Å². The lowest BCUT2D eigenvalue weighted by Gasteiger charge is -2.25. The number of phenolic OH excluding ortho intramolecular Hbond substituents is 3. The van der Waals surface area contributed by atoms with Crippen molar-refractivity contribution in [1.29, 1.82) is 0 Å². The van der Waals surface area contributed by atoms with Crippen molar-refractivity contribution in [3.05, 3.63) is 53.6 Å². The molecule has 0 amide bonds. The predicted molar refractivity (Wildman–Crippen MR) is 151 cm³/mol. The van der Waals surface area contributed by atoms with Gasteiger partial charge in [0.15, 0.2) is 11.5 Å². The highest BCUT2D eigenvalue weighted by Gasteiger charge is 2.24. The number of rotatable bonds is 13. The Balaban J connectivity index is 0.00000289. The first-order valence-electron chi connectivity index (χ1n) is 12.3. The van der Waals surface area contributed by atoms with Crippen LogP contribution in [0.4, 0.5) is 0 Å². The zero-order chi connectivity index (χ0) is 22.8. The zero-order valence-corrected chi connectivity index (χ0v) is 23.8. The van der Waals surface area contributed by atoms with E-state index in [-0.39, 0.29) is 45.5 Å². The molecule has 1 aliphatic rings. The second-order valence-electron chi connectivity index (χ2n) is 9.18. The van der Waals surface area contributed by atoms with Crippen LogP contribution in [0.25, 0.3) is 0 Å². The minimum Gasteiger partial charge on any atom is -0.508 e. The maximum Gasteiger partial charge on any atom is 0.157 e. The predicted octanol–water partition coefficient (Wildman–Crippen LogP) is 6.09. The summed E-state index contributed by atoms with van der Waals surface area (Å²) in [5, 5.41) is 28.9. The van der Waals surface area contributed by atoms with E-state index < -0.39 is 0 Å². The molecule has 2 aromatic rings. The third kappa shape index (κ3) is 10.1. The largest absolute Gasteiger partial charge is 0.508 e. The summed E-state index contributed by atoms with van der Waals surface area (Å²) in [6, 6.07) is 13.4. The number of hydrogen-bond donors (Lipinski definition) is 3. The van der Waals surface area contributed by atoms with Gasteiger partial charge in [0.25, 0.3) is 0 Å².